The molecule has 0 unspecified atom stereocenters. The standard InChI is InChI=1S/C25H15F3N2O/c26-20-10-8-17(19-4-1-5-21(27)23(19)28)13-18(20)14-31-22-11-9-16-7-6-15-3-2-12-29-24(15)25(16)30-22/h1-13H,14H2. The van der Waals surface area contributed by atoms with Crippen molar-refractivity contribution >= 4 is 21.8 Å². The lowest BCUT2D eigenvalue weighted by Crippen LogP contribution is -2.01. The van der Waals surface area contributed by atoms with Crippen molar-refractivity contribution in [2.24, 2.45) is 0 Å². The molecular formula is C25H15F3N2O. The molecule has 6 heteroatoms. The normalized spacial score (nSPS) is 11.2. The second kappa shape index (κ2) is 7.72. The summed E-state index contributed by atoms with van der Waals surface area (Å²) < 4.78 is 47.8. The maximum atomic E-state index is 14.4. The van der Waals surface area contributed by atoms with E-state index >= 15 is 0 Å². The first-order valence-corrected chi connectivity index (χ1v) is 9.60. The van der Waals surface area contributed by atoms with Crippen molar-refractivity contribution in [3.05, 3.63) is 102 Å². The van der Waals surface area contributed by atoms with Crippen LogP contribution in [0.2, 0.25) is 0 Å². The van der Waals surface area contributed by atoms with E-state index in [2.05, 4.69) is 9.97 Å². The molecule has 0 aliphatic heterocycles. The molecule has 0 aliphatic carbocycles. The molecule has 5 rings (SSSR count). The summed E-state index contributed by atoms with van der Waals surface area (Å²) in [6, 6.07) is 19.2. The van der Waals surface area contributed by atoms with Crippen molar-refractivity contribution in [3.8, 4) is 17.0 Å². The number of hydrogen-bond acceptors (Lipinski definition) is 3. The van der Waals surface area contributed by atoms with Gasteiger partial charge in [-0.25, -0.2) is 18.2 Å². The van der Waals surface area contributed by atoms with Crippen molar-refractivity contribution in [2.45, 2.75) is 6.61 Å². The van der Waals surface area contributed by atoms with Gasteiger partial charge < -0.3 is 4.74 Å². The average molecular weight is 416 g/mol. The van der Waals surface area contributed by atoms with E-state index in [4.69, 9.17) is 4.74 Å². The van der Waals surface area contributed by atoms with Gasteiger partial charge >= 0.3 is 0 Å². The molecule has 0 fully saturated rings. The number of rotatable bonds is 4. The number of halogens is 3. The largest absolute Gasteiger partial charge is 0.473 e. The molecule has 5 aromatic rings. The van der Waals surface area contributed by atoms with Crippen LogP contribution in [0, 0.1) is 17.5 Å². The summed E-state index contributed by atoms with van der Waals surface area (Å²) in [6.45, 7) is -0.118. The van der Waals surface area contributed by atoms with Crippen molar-refractivity contribution in [3.63, 3.8) is 0 Å². The van der Waals surface area contributed by atoms with Gasteiger partial charge in [-0.15, -0.1) is 0 Å². The molecule has 3 aromatic carbocycles. The number of fused-ring (bicyclic) bond motifs is 3. The monoisotopic (exact) mass is 416 g/mol. The first kappa shape index (κ1) is 19.1. The molecule has 0 N–H and O–H groups in total. The van der Waals surface area contributed by atoms with Gasteiger partial charge in [-0.1, -0.05) is 36.4 Å². The van der Waals surface area contributed by atoms with E-state index < -0.39 is 17.5 Å². The molecule has 0 aliphatic rings. The minimum atomic E-state index is -0.975. The van der Waals surface area contributed by atoms with Crippen LogP contribution in [-0.2, 0) is 6.61 Å². The van der Waals surface area contributed by atoms with Gasteiger partial charge in [0.15, 0.2) is 11.6 Å². The summed E-state index contributed by atoms with van der Waals surface area (Å²) in [5.41, 5.74) is 2.06. The molecule has 0 spiro atoms. The molecule has 0 atom stereocenters. The zero-order chi connectivity index (χ0) is 21.4. The van der Waals surface area contributed by atoms with E-state index in [0.29, 0.717) is 17.0 Å². The third kappa shape index (κ3) is 3.57. The lowest BCUT2D eigenvalue weighted by molar-refractivity contribution is 0.289. The van der Waals surface area contributed by atoms with E-state index in [9.17, 15) is 13.2 Å². The van der Waals surface area contributed by atoms with Crippen LogP contribution >= 0.6 is 0 Å². The fourth-order valence-corrected chi connectivity index (χ4v) is 3.52. The Labute approximate surface area is 175 Å². The molecule has 0 radical (unpaired) electrons. The van der Waals surface area contributed by atoms with E-state index in [1.165, 1.54) is 30.3 Å². The third-order valence-corrected chi connectivity index (χ3v) is 5.09. The Morgan fingerprint density at radius 2 is 1.55 bits per heavy atom. The van der Waals surface area contributed by atoms with Gasteiger partial charge in [-0.2, -0.15) is 0 Å². The van der Waals surface area contributed by atoms with E-state index in [1.807, 2.05) is 30.3 Å². The second-order valence-electron chi connectivity index (χ2n) is 7.06. The van der Waals surface area contributed by atoms with Crippen LogP contribution in [-0.4, -0.2) is 9.97 Å². The minimum absolute atomic E-state index is 0.0580. The summed E-state index contributed by atoms with van der Waals surface area (Å²) in [5, 5.41) is 1.86. The number of benzene rings is 3. The Hall–Kier alpha value is -3.93. The Balaban J connectivity index is 1.46. The van der Waals surface area contributed by atoms with Crippen LogP contribution in [0.15, 0.2) is 79.0 Å². The lowest BCUT2D eigenvalue weighted by Gasteiger charge is -2.10. The van der Waals surface area contributed by atoms with Crippen molar-refractivity contribution in [1.29, 1.82) is 0 Å². The molecular weight excluding hydrogens is 401 g/mol. The number of aromatic nitrogens is 2. The van der Waals surface area contributed by atoms with Gasteiger partial charge in [0, 0.05) is 34.2 Å². The number of pyridine rings is 2. The maximum Gasteiger partial charge on any atom is 0.214 e. The zero-order valence-electron chi connectivity index (χ0n) is 16.1. The first-order chi connectivity index (χ1) is 15.1. The number of nitrogens with zero attached hydrogens (tertiary/aromatic N) is 2. The molecule has 31 heavy (non-hydrogen) atoms. The van der Waals surface area contributed by atoms with Gasteiger partial charge in [-0.05, 0) is 35.9 Å². The zero-order valence-corrected chi connectivity index (χ0v) is 16.1. The van der Waals surface area contributed by atoms with Crippen LogP contribution in [0.3, 0.4) is 0 Å². The SMILES string of the molecule is Fc1ccc(-c2cccc(F)c2F)cc1COc1ccc2ccc3cccnc3c2n1. The van der Waals surface area contributed by atoms with Crippen LogP contribution in [0.5, 0.6) is 5.88 Å². The molecule has 3 nitrogen and oxygen atoms in total. The second-order valence-corrected chi connectivity index (χ2v) is 7.06. The highest BCUT2D eigenvalue weighted by Crippen LogP contribution is 2.28. The molecule has 2 heterocycles. The van der Waals surface area contributed by atoms with Gasteiger partial charge in [0.2, 0.25) is 5.88 Å². The van der Waals surface area contributed by atoms with Crippen molar-refractivity contribution < 1.29 is 17.9 Å². The van der Waals surface area contributed by atoms with Crippen LogP contribution < -0.4 is 4.74 Å². The maximum absolute atomic E-state index is 14.4. The fraction of sp³-hybridized carbons (Fsp3) is 0.0400. The Bertz CT molecular complexity index is 1440. The smallest absolute Gasteiger partial charge is 0.214 e. The third-order valence-electron chi connectivity index (χ3n) is 5.09. The summed E-state index contributed by atoms with van der Waals surface area (Å²) in [7, 11) is 0. The highest BCUT2D eigenvalue weighted by molar-refractivity contribution is 6.02. The Kier molecular flexibility index (Phi) is 4.75. The van der Waals surface area contributed by atoms with Gasteiger partial charge in [-0.3, -0.25) is 4.98 Å². The van der Waals surface area contributed by atoms with Crippen LogP contribution in [0.1, 0.15) is 5.56 Å². The summed E-state index contributed by atoms with van der Waals surface area (Å²) >= 11 is 0. The predicted molar refractivity (Wildman–Crippen MR) is 113 cm³/mol. The van der Waals surface area contributed by atoms with Crippen molar-refractivity contribution in [2.75, 3.05) is 0 Å². The molecule has 0 saturated carbocycles. The minimum Gasteiger partial charge on any atom is -0.473 e. The molecule has 2 aromatic heterocycles. The number of ether oxygens (including phenoxy) is 1. The van der Waals surface area contributed by atoms with Gasteiger partial charge in [0.1, 0.15) is 17.9 Å². The van der Waals surface area contributed by atoms with Gasteiger partial charge in [0.25, 0.3) is 0 Å². The topological polar surface area (TPSA) is 35.0 Å². The molecule has 0 saturated heterocycles. The van der Waals surface area contributed by atoms with Gasteiger partial charge in [0.05, 0.1) is 5.52 Å². The predicted octanol–water partition coefficient (Wildman–Crippen LogP) is 6.45. The van der Waals surface area contributed by atoms with E-state index in [1.54, 1.807) is 12.3 Å². The van der Waals surface area contributed by atoms with Crippen LogP contribution in [0.4, 0.5) is 13.2 Å². The molecule has 152 valence electrons. The number of hydrogen-bond donors (Lipinski definition) is 0. The van der Waals surface area contributed by atoms with Crippen molar-refractivity contribution in [1.82, 2.24) is 9.97 Å². The summed E-state index contributed by atoms with van der Waals surface area (Å²) in [6.07, 6.45) is 1.70. The summed E-state index contributed by atoms with van der Waals surface area (Å²) in [5.74, 6) is -2.13. The lowest BCUT2D eigenvalue weighted by atomic mass is 10.0. The highest BCUT2D eigenvalue weighted by Gasteiger charge is 2.13. The quantitative estimate of drug-likeness (QED) is 0.316. The molecule has 0 amide bonds. The Morgan fingerprint density at radius 1 is 0.742 bits per heavy atom. The average Bonchev–Trinajstić information content (AvgIpc) is 2.80. The molecule has 0 bridgehead atoms. The highest BCUT2D eigenvalue weighted by atomic mass is 19.2. The Morgan fingerprint density at radius 3 is 2.42 bits per heavy atom. The summed E-state index contributed by atoms with van der Waals surface area (Å²) in [4.78, 5) is 8.94. The fourth-order valence-electron chi connectivity index (χ4n) is 3.52. The first-order valence-electron chi connectivity index (χ1n) is 9.60. The van der Waals surface area contributed by atoms with E-state index in [0.717, 1.165) is 22.4 Å². The van der Waals surface area contributed by atoms with Crippen LogP contribution in [0.25, 0.3) is 32.9 Å². The van der Waals surface area contributed by atoms with E-state index in [-0.39, 0.29) is 17.7 Å².